The number of nitrogens with one attached hydrogen (secondary N) is 1. The number of nitrogens with zero attached hydrogens (tertiary/aromatic N) is 5. The van der Waals surface area contributed by atoms with Gasteiger partial charge in [0.05, 0.1) is 17.1 Å². The van der Waals surface area contributed by atoms with Crippen LogP contribution < -0.4 is 5.32 Å². The number of anilines is 2. The zero-order chi connectivity index (χ0) is 14.3. The van der Waals surface area contributed by atoms with Crippen molar-refractivity contribution in [2.45, 2.75) is 26.7 Å². The summed E-state index contributed by atoms with van der Waals surface area (Å²) < 4.78 is 3.64. The molecule has 0 amide bonds. The summed E-state index contributed by atoms with van der Waals surface area (Å²) in [6, 6.07) is 2.08. The van der Waals surface area contributed by atoms with Crippen molar-refractivity contribution in [1.29, 1.82) is 0 Å². The third kappa shape index (κ3) is 2.13. The van der Waals surface area contributed by atoms with Crippen LogP contribution in [0.5, 0.6) is 0 Å². The van der Waals surface area contributed by atoms with Gasteiger partial charge in [0.1, 0.15) is 5.52 Å². The molecule has 0 aliphatic heterocycles. The van der Waals surface area contributed by atoms with E-state index in [1.54, 1.807) is 10.9 Å². The van der Waals surface area contributed by atoms with Crippen LogP contribution in [0.15, 0.2) is 24.7 Å². The summed E-state index contributed by atoms with van der Waals surface area (Å²) in [6.07, 6.45) is 5.56. The maximum absolute atomic E-state index is 4.56. The van der Waals surface area contributed by atoms with Crippen molar-refractivity contribution in [3.05, 3.63) is 36.0 Å². The van der Waals surface area contributed by atoms with E-state index < -0.39 is 0 Å². The van der Waals surface area contributed by atoms with Gasteiger partial charge < -0.3 is 5.32 Å². The van der Waals surface area contributed by atoms with Crippen molar-refractivity contribution in [2.75, 3.05) is 5.32 Å². The predicted octanol–water partition coefficient (Wildman–Crippen LogP) is 2.64. The maximum Gasteiger partial charge on any atom is 0.156 e. The van der Waals surface area contributed by atoms with E-state index >= 15 is 0 Å². The molecule has 0 unspecified atom stereocenters. The molecule has 3 aromatic rings. The Morgan fingerprint density at radius 3 is 2.70 bits per heavy atom. The van der Waals surface area contributed by atoms with Gasteiger partial charge in [-0.25, -0.2) is 9.50 Å². The lowest BCUT2D eigenvalue weighted by Crippen LogP contribution is -1.98. The lowest BCUT2D eigenvalue weighted by molar-refractivity contribution is 0.756. The Hall–Kier alpha value is -2.37. The Kier molecular flexibility index (Phi) is 2.93. The van der Waals surface area contributed by atoms with Gasteiger partial charge in [0.15, 0.2) is 5.82 Å². The van der Waals surface area contributed by atoms with Crippen LogP contribution in [-0.2, 0) is 7.05 Å². The van der Waals surface area contributed by atoms with Crippen molar-refractivity contribution in [1.82, 2.24) is 24.4 Å². The fourth-order valence-electron chi connectivity index (χ4n) is 2.17. The number of hydrogen-bond acceptors (Lipinski definition) is 4. The summed E-state index contributed by atoms with van der Waals surface area (Å²) >= 11 is 0. The van der Waals surface area contributed by atoms with Crippen molar-refractivity contribution >= 4 is 17.0 Å². The molecule has 3 rings (SSSR count). The fraction of sp³-hybridized carbons (Fsp3) is 0.357. The van der Waals surface area contributed by atoms with Crippen LogP contribution >= 0.6 is 0 Å². The molecule has 0 aliphatic carbocycles. The SMILES string of the molecule is Cc1nn(C)cc1Nc1nccn2nc(C(C)C)cc12. The molecule has 104 valence electrons. The minimum absolute atomic E-state index is 0.392. The van der Waals surface area contributed by atoms with Gasteiger partial charge in [0.25, 0.3) is 0 Å². The second-order valence-electron chi connectivity index (χ2n) is 5.26. The van der Waals surface area contributed by atoms with E-state index in [0.717, 1.165) is 28.4 Å². The van der Waals surface area contributed by atoms with Crippen molar-refractivity contribution in [2.24, 2.45) is 7.05 Å². The van der Waals surface area contributed by atoms with E-state index in [4.69, 9.17) is 0 Å². The average molecular weight is 270 g/mol. The number of aryl methyl sites for hydroxylation is 2. The average Bonchev–Trinajstić information content (AvgIpc) is 2.94. The van der Waals surface area contributed by atoms with Gasteiger partial charge in [-0.05, 0) is 18.9 Å². The Balaban J connectivity index is 2.05. The standard InChI is InChI=1S/C14H18N6/c1-9(2)11-7-13-14(15-5-6-20(13)18-11)16-12-8-19(4)17-10(12)3/h5-9H,1-4H3,(H,15,16). The van der Waals surface area contributed by atoms with Crippen molar-refractivity contribution < 1.29 is 0 Å². The molecule has 0 fully saturated rings. The highest BCUT2D eigenvalue weighted by Crippen LogP contribution is 2.24. The smallest absolute Gasteiger partial charge is 0.156 e. The highest BCUT2D eigenvalue weighted by Gasteiger charge is 2.11. The molecule has 0 aliphatic rings. The van der Waals surface area contributed by atoms with Gasteiger partial charge in [0.2, 0.25) is 0 Å². The van der Waals surface area contributed by atoms with Crippen LogP contribution in [0.25, 0.3) is 5.52 Å². The molecule has 0 radical (unpaired) electrons. The van der Waals surface area contributed by atoms with Crippen LogP contribution in [0.3, 0.4) is 0 Å². The fourth-order valence-corrected chi connectivity index (χ4v) is 2.17. The predicted molar refractivity (Wildman–Crippen MR) is 78.3 cm³/mol. The van der Waals surface area contributed by atoms with Gasteiger partial charge >= 0.3 is 0 Å². The monoisotopic (exact) mass is 270 g/mol. The normalized spacial score (nSPS) is 11.4. The first-order valence-electron chi connectivity index (χ1n) is 6.66. The molecule has 6 heteroatoms. The summed E-state index contributed by atoms with van der Waals surface area (Å²) in [4.78, 5) is 4.42. The van der Waals surface area contributed by atoms with Crippen LogP contribution in [-0.4, -0.2) is 24.4 Å². The largest absolute Gasteiger partial charge is 0.336 e. The molecule has 3 heterocycles. The van der Waals surface area contributed by atoms with Gasteiger partial charge in [-0.15, -0.1) is 0 Å². The van der Waals surface area contributed by atoms with E-state index in [1.807, 2.05) is 30.9 Å². The maximum atomic E-state index is 4.56. The molecule has 3 aromatic heterocycles. The highest BCUT2D eigenvalue weighted by molar-refractivity contribution is 5.73. The zero-order valence-corrected chi connectivity index (χ0v) is 12.1. The van der Waals surface area contributed by atoms with Crippen molar-refractivity contribution in [3.8, 4) is 0 Å². The zero-order valence-electron chi connectivity index (χ0n) is 12.1. The number of rotatable bonds is 3. The quantitative estimate of drug-likeness (QED) is 0.794. The third-order valence-corrected chi connectivity index (χ3v) is 3.27. The number of fused-ring (bicyclic) bond motifs is 1. The summed E-state index contributed by atoms with van der Waals surface area (Å²) in [5, 5.41) is 12.2. The second kappa shape index (κ2) is 4.63. The third-order valence-electron chi connectivity index (χ3n) is 3.27. The molecular weight excluding hydrogens is 252 g/mol. The molecule has 0 spiro atoms. The lowest BCUT2D eigenvalue weighted by Gasteiger charge is -2.04. The van der Waals surface area contributed by atoms with E-state index in [2.05, 4.69) is 40.4 Å². The topological polar surface area (TPSA) is 60.0 Å². The molecule has 20 heavy (non-hydrogen) atoms. The molecule has 0 saturated heterocycles. The number of hydrogen-bond donors (Lipinski definition) is 1. The lowest BCUT2D eigenvalue weighted by atomic mass is 10.1. The Morgan fingerprint density at radius 2 is 2.05 bits per heavy atom. The summed E-state index contributed by atoms with van der Waals surface area (Å²) in [7, 11) is 1.90. The van der Waals surface area contributed by atoms with E-state index in [0.29, 0.717) is 5.92 Å². The van der Waals surface area contributed by atoms with Crippen molar-refractivity contribution in [3.63, 3.8) is 0 Å². The molecular formula is C14H18N6. The van der Waals surface area contributed by atoms with E-state index in [1.165, 1.54) is 0 Å². The molecule has 0 atom stereocenters. The Bertz CT molecular complexity index is 752. The van der Waals surface area contributed by atoms with E-state index in [9.17, 15) is 0 Å². The van der Waals surface area contributed by atoms with Gasteiger partial charge in [-0.2, -0.15) is 10.2 Å². The van der Waals surface area contributed by atoms with E-state index in [-0.39, 0.29) is 0 Å². The minimum atomic E-state index is 0.392. The molecule has 0 aromatic carbocycles. The van der Waals surface area contributed by atoms with Crippen LogP contribution in [0.1, 0.15) is 31.2 Å². The molecule has 1 N–H and O–H groups in total. The molecule has 0 saturated carbocycles. The first kappa shape index (κ1) is 12.7. The van der Waals surface area contributed by atoms with Gasteiger partial charge in [0, 0.05) is 25.6 Å². The minimum Gasteiger partial charge on any atom is -0.336 e. The summed E-state index contributed by atoms with van der Waals surface area (Å²) in [5.74, 6) is 1.19. The van der Waals surface area contributed by atoms with Crippen LogP contribution in [0, 0.1) is 6.92 Å². The first-order valence-corrected chi connectivity index (χ1v) is 6.66. The number of aromatic nitrogens is 5. The molecule has 6 nitrogen and oxygen atoms in total. The summed E-state index contributed by atoms with van der Waals surface area (Å²) in [5.41, 5.74) is 3.93. The van der Waals surface area contributed by atoms with Crippen LogP contribution in [0.4, 0.5) is 11.5 Å². The molecule has 0 bridgehead atoms. The highest BCUT2D eigenvalue weighted by atomic mass is 15.3. The first-order chi connectivity index (χ1) is 9.54. The van der Waals surface area contributed by atoms with Gasteiger partial charge in [-0.1, -0.05) is 13.8 Å². The Labute approximate surface area is 117 Å². The second-order valence-corrected chi connectivity index (χ2v) is 5.26. The summed E-state index contributed by atoms with van der Waals surface area (Å²) in [6.45, 7) is 6.24. The Morgan fingerprint density at radius 1 is 1.25 bits per heavy atom. The van der Waals surface area contributed by atoms with Gasteiger partial charge in [-0.3, -0.25) is 4.68 Å². The van der Waals surface area contributed by atoms with Crippen LogP contribution in [0.2, 0.25) is 0 Å².